The molecule has 1 aliphatic heterocycles. The van der Waals surface area contributed by atoms with Crippen LogP contribution in [0.1, 0.15) is 35.1 Å². The Hall–Kier alpha value is -2.08. The van der Waals surface area contributed by atoms with Crippen LogP contribution in [0.25, 0.3) is 0 Å². The molecule has 2 aromatic heterocycles. The van der Waals surface area contributed by atoms with Crippen molar-refractivity contribution in [1.82, 2.24) is 15.0 Å². The second-order valence-corrected chi connectivity index (χ2v) is 5.07. The molecular formula is C14H18N4O2. The van der Waals surface area contributed by atoms with Crippen LogP contribution in [0.15, 0.2) is 28.9 Å². The minimum Gasteiger partial charge on any atom is -0.340 e. The van der Waals surface area contributed by atoms with Crippen LogP contribution in [0.2, 0.25) is 0 Å². The van der Waals surface area contributed by atoms with Gasteiger partial charge in [-0.1, -0.05) is 5.16 Å². The molecule has 0 radical (unpaired) electrons. The fourth-order valence-corrected chi connectivity index (χ4v) is 2.59. The van der Waals surface area contributed by atoms with Crippen LogP contribution in [0.4, 0.5) is 5.88 Å². The molecule has 6 nitrogen and oxygen atoms in total. The van der Waals surface area contributed by atoms with E-state index in [4.69, 9.17) is 4.52 Å². The van der Waals surface area contributed by atoms with E-state index in [0.717, 1.165) is 31.6 Å². The lowest BCUT2D eigenvalue weighted by Crippen LogP contribution is -2.31. The summed E-state index contributed by atoms with van der Waals surface area (Å²) in [6.45, 7) is 3.80. The number of anilines is 1. The van der Waals surface area contributed by atoms with Gasteiger partial charge in [-0.3, -0.25) is 10.1 Å². The topological polar surface area (TPSA) is 72.1 Å². The summed E-state index contributed by atoms with van der Waals surface area (Å²) in [6, 6.07) is 5.82. The number of nitrogens with zero attached hydrogens (tertiary/aromatic N) is 2. The quantitative estimate of drug-likeness (QED) is 0.897. The number of carbonyl (C=O) groups is 1. The first-order valence-electron chi connectivity index (χ1n) is 6.86. The normalized spacial score (nSPS) is 16.2. The van der Waals surface area contributed by atoms with E-state index >= 15 is 0 Å². The molecule has 3 heterocycles. The van der Waals surface area contributed by atoms with Gasteiger partial charge < -0.3 is 14.4 Å². The van der Waals surface area contributed by atoms with Gasteiger partial charge in [0.15, 0.2) is 0 Å². The summed E-state index contributed by atoms with van der Waals surface area (Å²) in [4.78, 5) is 12.3. The van der Waals surface area contributed by atoms with Crippen molar-refractivity contribution in [2.24, 2.45) is 0 Å². The summed E-state index contributed by atoms with van der Waals surface area (Å²) in [5.41, 5.74) is 1.40. The van der Waals surface area contributed by atoms with E-state index in [-0.39, 0.29) is 5.91 Å². The highest BCUT2D eigenvalue weighted by molar-refractivity contribution is 6.02. The molecule has 20 heavy (non-hydrogen) atoms. The second-order valence-electron chi connectivity index (χ2n) is 5.07. The highest BCUT2D eigenvalue weighted by atomic mass is 16.5. The molecule has 0 bridgehead atoms. The molecule has 0 atom stereocenters. The predicted molar refractivity (Wildman–Crippen MR) is 74.8 cm³/mol. The molecule has 0 aliphatic carbocycles. The van der Waals surface area contributed by atoms with E-state index in [1.165, 1.54) is 0 Å². The monoisotopic (exact) mass is 274 g/mol. The maximum Gasteiger partial charge on any atom is 0.274 e. The molecule has 1 saturated heterocycles. The summed E-state index contributed by atoms with van der Waals surface area (Å²) in [5.74, 6) is 0.218. The van der Waals surface area contributed by atoms with Gasteiger partial charge in [-0.2, -0.15) is 0 Å². The number of amides is 1. The van der Waals surface area contributed by atoms with Gasteiger partial charge in [-0.15, -0.1) is 0 Å². The first kappa shape index (κ1) is 12.9. The first-order chi connectivity index (χ1) is 9.74. The molecule has 1 aliphatic rings. The molecule has 1 amide bonds. The Bertz CT molecular complexity index is 596. The number of carbonyl (C=O) groups excluding carboxylic acids is 1. The number of nitrogens with one attached hydrogen (secondary N) is 2. The van der Waals surface area contributed by atoms with Crippen molar-refractivity contribution in [3.63, 3.8) is 0 Å². The van der Waals surface area contributed by atoms with Gasteiger partial charge in [0.05, 0.1) is 5.69 Å². The van der Waals surface area contributed by atoms with Crippen molar-refractivity contribution in [1.29, 1.82) is 0 Å². The minimum atomic E-state index is -0.162. The molecule has 2 aromatic rings. The summed E-state index contributed by atoms with van der Waals surface area (Å²) in [7, 11) is 0. The van der Waals surface area contributed by atoms with Gasteiger partial charge in [-0.05, 0) is 45.0 Å². The highest BCUT2D eigenvalue weighted by Gasteiger charge is 2.20. The molecule has 0 spiro atoms. The van der Waals surface area contributed by atoms with Crippen molar-refractivity contribution < 1.29 is 9.32 Å². The molecule has 2 N–H and O–H groups in total. The van der Waals surface area contributed by atoms with Crippen molar-refractivity contribution in [2.75, 3.05) is 18.4 Å². The summed E-state index contributed by atoms with van der Waals surface area (Å²) < 4.78 is 7.07. The van der Waals surface area contributed by atoms with Crippen LogP contribution < -0.4 is 10.6 Å². The molecule has 0 aromatic carbocycles. The van der Waals surface area contributed by atoms with Crippen molar-refractivity contribution in [2.45, 2.75) is 25.8 Å². The molecule has 0 unspecified atom stereocenters. The lowest BCUT2D eigenvalue weighted by Gasteiger charge is -2.25. The Morgan fingerprint density at radius 2 is 2.30 bits per heavy atom. The maximum absolute atomic E-state index is 12.3. The smallest absolute Gasteiger partial charge is 0.274 e. The zero-order valence-corrected chi connectivity index (χ0v) is 11.4. The summed E-state index contributed by atoms with van der Waals surface area (Å²) in [6.07, 6.45) is 4.04. The van der Waals surface area contributed by atoms with Gasteiger partial charge >= 0.3 is 0 Å². The van der Waals surface area contributed by atoms with Gasteiger partial charge in [0, 0.05) is 18.3 Å². The van der Waals surface area contributed by atoms with Crippen LogP contribution in [-0.2, 0) is 0 Å². The molecule has 1 fully saturated rings. The van der Waals surface area contributed by atoms with Crippen molar-refractivity contribution in [3.8, 4) is 0 Å². The SMILES string of the molecule is Cc1cc(NC(=O)c2cccn2C2CCNCC2)on1. The Labute approximate surface area is 117 Å². The molecule has 0 saturated carbocycles. The Morgan fingerprint density at radius 1 is 1.50 bits per heavy atom. The average Bonchev–Trinajstić information content (AvgIpc) is 3.09. The Morgan fingerprint density at radius 3 is 3.00 bits per heavy atom. The van der Waals surface area contributed by atoms with Crippen LogP contribution in [0, 0.1) is 6.92 Å². The van der Waals surface area contributed by atoms with Crippen LogP contribution in [0.5, 0.6) is 0 Å². The zero-order chi connectivity index (χ0) is 13.9. The summed E-state index contributed by atoms with van der Waals surface area (Å²) >= 11 is 0. The minimum absolute atomic E-state index is 0.162. The number of aromatic nitrogens is 2. The molecule has 3 rings (SSSR count). The van der Waals surface area contributed by atoms with Crippen LogP contribution >= 0.6 is 0 Å². The number of rotatable bonds is 3. The predicted octanol–water partition coefficient (Wildman–Crippen LogP) is 1.96. The lowest BCUT2D eigenvalue weighted by molar-refractivity contribution is 0.101. The number of piperidine rings is 1. The Balaban J connectivity index is 1.76. The highest BCUT2D eigenvalue weighted by Crippen LogP contribution is 2.22. The third-order valence-corrected chi connectivity index (χ3v) is 3.58. The fourth-order valence-electron chi connectivity index (χ4n) is 2.59. The van der Waals surface area contributed by atoms with E-state index in [0.29, 0.717) is 17.6 Å². The second kappa shape index (κ2) is 5.50. The number of aryl methyl sites for hydroxylation is 1. The Kier molecular flexibility index (Phi) is 3.56. The van der Waals surface area contributed by atoms with Gasteiger partial charge in [0.1, 0.15) is 5.69 Å². The van der Waals surface area contributed by atoms with Gasteiger partial charge in [0.25, 0.3) is 5.91 Å². The van der Waals surface area contributed by atoms with Crippen LogP contribution in [-0.4, -0.2) is 28.7 Å². The maximum atomic E-state index is 12.3. The summed E-state index contributed by atoms with van der Waals surface area (Å²) in [5, 5.41) is 9.83. The lowest BCUT2D eigenvalue weighted by atomic mass is 10.1. The standard InChI is InChI=1S/C14H18N4O2/c1-10-9-13(20-17-10)16-14(19)12-3-2-8-18(12)11-4-6-15-7-5-11/h2-3,8-9,11,15H,4-7H2,1H3,(H,16,19). The number of hydrogen-bond donors (Lipinski definition) is 2. The first-order valence-corrected chi connectivity index (χ1v) is 6.86. The third kappa shape index (κ3) is 2.60. The average molecular weight is 274 g/mol. The van der Waals surface area contributed by atoms with E-state index in [1.54, 1.807) is 6.07 Å². The molecular weight excluding hydrogens is 256 g/mol. The van der Waals surface area contributed by atoms with E-state index in [1.807, 2.05) is 25.3 Å². The third-order valence-electron chi connectivity index (χ3n) is 3.58. The molecule has 106 valence electrons. The fraction of sp³-hybridized carbons (Fsp3) is 0.429. The van der Waals surface area contributed by atoms with Gasteiger partial charge in [-0.25, -0.2) is 0 Å². The van der Waals surface area contributed by atoms with Crippen molar-refractivity contribution in [3.05, 3.63) is 35.8 Å². The van der Waals surface area contributed by atoms with E-state index in [9.17, 15) is 4.79 Å². The van der Waals surface area contributed by atoms with Crippen LogP contribution in [0.3, 0.4) is 0 Å². The zero-order valence-electron chi connectivity index (χ0n) is 11.4. The molecule has 6 heteroatoms. The van der Waals surface area contributed by atoms with E-state index in [2.05, 4.69) is 20.4 Å². The largest absolute Gasteiger partial charge is 0.340 e. The van der Waals surface area contributed by atoms with Crippen molar-refractivity contribution >= 4 is 11.8 Å². The number of hydrogen-bond acceptors (Lipinski definition) is 4. The van der Waals surface area contributed by atoms with E-state index < -0.39 is 0 Å². The van der Waals surface area contributed by atoms with Gasteiger partial charge in [0.2, 0.25) is 5.88 Å².